The van der Waals surface area contributed by atoms with E-state index in [1.807, 2.05) is 45.0 Å². The lowest BCUT2D eigenvalue weighted by molar-refractivity contribution is -0.0440. The maximum Gasteiger partial charge on any atom is 0.338 e. The second-order valence-electron chi connectivity index (χ2n) is 7.29. The molecule has 1 fully saturated rings. The lowest BCUT2D eigenvalue weighted by Gasteiger charge is -2.34. The number of halogens is 1. The molecule has 156 valence electrons. The van der Waals surface area contributed by atoms with E-state index in [9.17, 15) is 13.2 Å². The number of morpholine rings is 1. The Hall–Kier alpha value is -1.93. The Labute approximate surface area is 176 Å². The van der Waals surface area contributed by atoms with Crippen molar-refractivity contribution in [2.45, 2.75) is 44.5 Å². The second kappa shape index (κ2) is 8.83. The molecule has 2 atom stereocenters. The quantitative estimate of drug-likeness (QED) is 0.665. The third-order valence-electron chi connectivity index (χ3n) is 4.66. The van der Waals surface area contributed by atoms with E-state index >= 15 is 0 Å². The van der Waals surface area contributed by atoms with Crippen LogP contribution in [-0.2, 0) is 26.1 Å². The van der Waals surface area contributed by atoms with Crippen LogP contribution < -0.4 is 0 Å². The molecular formula is C21H24ClNO5S. The maximum atomic E-state index is 13.1. The first-order chi connectivity index (χ1) is 13.7. The summed E-state index contributed by atoms with van der Waals surface area (Å²) in [4.78, 5) is 12.4. The van der Waals surface area contributed by atoms with E-state index in [4.69, 9.17) is 21.1 Å². The SMILES string of the molecule is Cc1ccc(COC(=O)c2ccc(Cl)c(S(=O)(=O)N3C[C@@H](C)O[C@@H](C)C3)c2)cc1. The molecule has 0 saturated carbocycles. The van der Waals surface area contributed by atoms with E-state index in [0.717, 1.165) is 11.1 Å². The Balaban J connectivity index is 1.79. The monoisotopic (exact) mass is 437 g/mol. The molecule has 0 amide bonds. The van der Waals surface area contributed by atoms with Gasteiger partial charge in [0.05, 0.1) is 22.8 Å². The molecule has 0 bridgehead atoms. The molecule has 0 aliphatic carbocycles. The molecule has 29 heavy (non-hydrogen) atoms. The minimum Gasteiger partial charge on any atom is -0.457 e. The van der Waals surface area contributed by atoms with Crippen LogP contribution in [0.3, 0.4) is 0 Å². The number of nitrogens with zero attached hydrogens (tertiary/aromatic N) is 1. The molecule has 2 aromatic rings. The van der Waals surface area contributed by atoms with Crippen molar-refractivity contribution in [2.75, 3.05) is 13.1 Å². The predicted molar refractivity (Wildman–Crippen MR) is 111 cm³/mol. The predicted octanol–water partition coefficient (Wildman–Crippen LogP) is 3.80. The molecule has 6 nitrogen and oxygen atoms in total. The Morgan fingerprint density at radius 3 is 2.38 bits per heavy atom. The number of sulfonamides is 1. The standard InChI is InChI=1S/C21H24ClNO5S/c1-14-4-6-17(7-5-14)13-27-21(24)18-8-9-19(22)20(10-18)29(25,26)23-11-15(2)28-16(3)12-23/h4-10,15-16H,11-13H2,1-3H3/t15-,16+. The number of hydrogen-bond donors (Lipinski definition) is 0. The lowest BCUT2D eigenvalue weighted by Crippen LogP contribution is -2.48. The van der Waals surface area contributed by atoms with E-state index in [0.29, 0.717) is 0 Å². The Morgan fingerprint density at radius 1 is 1.14 bits per heavy atom. The number of rotatable bonds is 5. The second-order valence-corrected chi connectivity index (χ2v) is 9.60. The summed E-state index contributed by atoms with van der Waals surface area (Å²) >= 11 is 6.18. The molecule has 2 aromatic carbocycles. The Bertz CT molecular complexity index is 981. The van der Waals surface area contributed by atoms with E-state index in [1.165, 1.54) is 22.5 Å². The fourth-order valence-corrected chi connectivity index (χ4v) is 5.30. The first-order valence-electron chi connectivity index (χ1n) is 9.34. The van der Waals surface area contributed by atoms with E-state index in [-0.39, 0.29) is 47.4 Å². The topological polar surface area (TPSA) is 72.9 Å². The summed E-state index contributed by atoms with van der Waals surface area (Å²) in [7, 11) is -3.87. The summed E-state index contributed by atoms with van der Waals surface area (Å²) in [5.74, 6) is -0.609. The van der Waals surface area contributed by atoms with Crippen molar-refractivity contribution in [2.24, 2.45) is 0 Å². The van der Waals surface area contributed by atoms with Crippen molar-refractivity contribution in [1.29, 1.82) is 0 Å². The highest BCUT2D eigenvalue weighted by molar-refractivity contribution is 7.89. The molecule has 1 heterocycles. The average molecular weight is 438 g/mol. The molecule has 1 aliphatic heterocycles. The number of benzene rings is 2. The minimum absolute atomic E-state index is 0.0619. The summed E-state index contributed by atoms with van der Waals surface area (Å²) in [6, 6.07) is 11.8. The van der Waals surface area contributed by atoms with Gasteiger partial charge >= 0.3 is 5.97 Å². The largest absolute Gasteiger partial charge is 0.457 e. The zero-order valence-electron chi connectivity index (χ0n) is 16.6. The maximum absolute atomic E-state index is 13.1. The smallest absolute Gasteiger partial charge is 0.338 e. The zero-order chi connectivity index (χ0) is 21.2. The van der Waals surface area contributed by atoms with Gasteiger partial charge in [-0.1, -0.05) is 41.4 Å². The molecular weight excluding hydrogens is 414 g/mol. The van der Waals surface area contributed by atoms with Gasteiger partial charge in [-0.15, -0.1) is 0 Å². The Morgan fingerprint density at radius 2 is 1.76 bits per heavy atom. The summed E-state index contributed by atoms with van der Waals surface area (Å²) in [5, 5.41) is 0.0619. The summed E-state index contributed by atoms with van der Waals surface area (Å²) in [6.07, 6.45) is -0.454. The lowest BCUT2D eigenvalue weighted by atomic mass is 10.2. The highest BCUT2D eigenvalue weighted by Crippen LogP contribution is 2.28. The van der Waals surface area contributed by atoms with Gasteiger partial charge in [-0.3, -0.25) is 0 Å². The van der Waals surface area contributed by atoms with Crippen molar-refractivity contribution in [3.05, 3.63) is 64.2 Å². The number of aryl methyl sites for hydroxylation is 1. The van der Waals surface area contributed by atoms with Gasteiger partial charge in [0, 0.05) is 13.1 Å². The highest BCUT2D eigenvalue weighted by atomic mass is 35.5. The van der Waals surface area contributed by atoms with Crippen LogP contribution in [0.25, 0.3) is 0 Å². The van der Waals surface area contributed by atoms with Gasteiger partial charge < -0.3 is 9.47 Å². The minimum atomic E-state index is -3.87. The molecule has 0 aromatic heterocycles. The first-order valence-corrected chi connectivity index (χ1v) is 11.2. The number of ether oxygens (including phenoxy) is 2. The van der Waals surface area contributed by atoms with Crippen LogP contribution >= 0.6 is 11.6 Å². The zero-order valence-corrected chi connectivity index (χ0v) is 18.2. The molecule has 3 rings (SSSR count). The third-order valence-corrected chi connectivity index (χ3v) is 6.97. The van der Waals surface area contributed by atoms with Crippen molar-refractivity contribution in [3.63, 3.8) is 0 Å². The molecule has 0 N–H and O–H groups in total. The fraction of sp³-hybridized carbons (Fsp3) is 0.381. The number of esters is 1. The van der Waals surface area contributed by atoms with Gasteiger partial charge in [0.25, 0.3) is 0 Å². The fourth-order valence-electron chi connectivity index (χ4n) is 3.21. The number of carbonyl (C=O) groups excluding carboxylic acids is 1. The Kier molecular flexibility index (Phi) is 6.63. The molecule has 8 heteroatoms. The summed E-state index contributed by atoms with van der Waals surface area (Å²) in [6.45, 7) is 6.16. The van der Waals surface area contributed by atoms with Crippen LogP contribution in [0.4, 0.5) is 0 Å². The van der Waals surface area contributed by atoms with Gasteiger partial charge in [0.2, 0.25) is 10.0 Å². The highest BCUT2D eigenvalue weighted by Gasteiger charge is 2.34. The van der Waals surface area contributed by atoms with Gasteiger partial charge in [0.15, 0.2) is 0 Å². The van der Waals surface area contributed by atoms with E-state index < -0.39 is 16.0 Å². The summed E-state index contributed by atoms with van der Waals surface area (Å²) in [5.41, 5.74) is 2.09. The van der Waals surface area contributed by atoms with Crippen molar-refractivity contribution >= 4 is 27.6 Å². The average Bonchev–Trinajstić information content (AvgIpc) is 2.66. The molecule has 0 radical (unpaired) electrons. The first kappa shape index (κ1) is 21.8. The van der Waals surface area contributed by atoms with Crippen LogP contribution in [0.15, 0.2) is 47.4 Å². The molecule has 0 unspecified atom stereocenters. The van der Waals surface area contributed by atoms with Gasteiger partial charge in [-0.25, -0.2) is 13.2 Å². The van der Waals surface area contributed by atoms with Crippen LogP contribution in [-0.4, -0.2) is 44.0 Å². The number of hydrogen-bond acceptors (Lipinski definition) is 5. The molecule has 1 saturated heterocycles. The molecule has 1 aliphatic rings. The van der Waals surface area contributed by atoms with Crippen LogP contribution in [0.5, 0.6) is 0 Å². The van der Waals surface area contributed by atoms with Gasteiger partial charge in [-0.05, 0) is 44.5 Å². The van der Waals surface area contributed by atoms with Crippen molar-refractivity contribution in [1.82, 2.24) is 4.31 Å². The van der Waals surface area contributed by atoms with Crippen molar-refractivity contribution in [3.8, 4) is 0 Å². The molecule has 0 spiro atoms. The normalized spacial score (nSPS) is 20.4. The number of carbonyl (C=O) groups is 1. The van der Waals surface area contributed by atoms with Crippen LogP contribution in [0.1, 0.15) is 35.3 Å². The van der Waals surface area contributed by atoms with Crippen molar-refractivity contribution < 1.29 is 22.7 Å². The summed E-state index contributed by atoms with van der Waals surface area (Å²) < 4.78 is 38.5. The van der Waals surface area contributed by atoms with E-state index in [2.05, 4.69) is 0 Å². The van der Waals surface area contributed by atoms with E-state index in [1.54, 1.807) is 0 Å². The van der Waals surface area contributed by atoms with Gasteiger partial charge in [-0.2, -0.15) is 4.31 Å². The van der Waals surface area contributed by atoms with Gasteiger partial charge in [0.1, 0.15) is 11.5 Å². The van der Waals surface area contributed by atoms with Crippen LogP contribution in [0.2, 0.25) is 5.02 Å². The third kappa shape index (κ3) is 5.17. The van der Waals surface area contributed by atoms with Crippen LogP contribution in [0, 0.1) is 6.92 Å².